The van der Waals surface area contributed by atoms with Crippen molar-refractivity contribution in [2.75, 3.05) is 18.0 Å². The first-order chi connectivity index (χ1) is 17.3. The second-order valence-electron chi connectivity index (χ2n) is 9.63. The summed E-state index contributed by atoms with van der Waals surface area (Å²) in [6, 6.07) is 15.0. The molecule has 0 aliphatic carbocycles. The van der Waals surface area contributed by atoms with Crippen LogP contribution in [0.1, 0.15) is 60.5 Å². The van der Waals surface area contributed by atoms with E-state index in [4.69, 9.17) is 16.3 Å². The summed E-state index contributed by atoms with van der Waals surface area (Å²) >= 11 is 5.98. The van der Waals surface area contributed by atoms with Gasteiger partial charge in [0.2, 0.25) is 5.91 Å². The summed E-state index contributed by atoms with van der Waals surface area (Å²) in [5, 5.41) is 3.42. The quantitative estimate of drug-likeness (QED) is 0.336. The van der Waals surface area contributed by atoms with Crippen LogP contribution in [0.25, 0.3) is 0 Å². The molecule has 37 heavy (non-hydrogen) atoms. The van der Waals surface area contributed by atoms with Crippen LogP contribution in [0.2, 0.25) is 5.02 Å². The number of hydrogen-bond acceptors (Lipinski definition) is 4. The number of aryl methyl sites for hydroxylation is 3. The fourth-order valence-corrected chi connectivity index (χ4v) is 5.77. The molecule has 6 nitrogen and oxygen atoms in total. The summed E-state index contributed by atoms with van der Waals surface area (Å²) < 4.78 is 34.0. The highest BCUT2D eigenvalue weighted by Crippen LogP contribution is 2.32. The minimum absolute atomic E-state index is 0.0588. The molecule has 0 fully saturated rings. The van der Waals surface area contributed by atoms with Crippen molar-refractivity contribution in [1.82, 2.24) is 5.32 Å². The number of methoxy groups -OCH3 is 1. The first-order valence-corrected chi connectivity index (χ1v) is 14.0. The molecular weight excluding hydrogens is 508 g/mol. The zero-order valence-corrected chi connectivity index (χ0v) is 24.0. The Bertz CT molecular complexity index is 1390. The van der Waals surface area contributed by atoms with Crippen molar-refractivity contribution < 1.29 is 17.9 Å². The number of halogens is 1. The van der Waals surface area contributed by atoms with Crippen LogP contribution in [0, 0.1) is 20.8 Å². The Morgan fingerprint density at radius 3 is 2.14 bits per heavy atom. The Hall–Kier alpha value is -3.03. The van der Waals surface area contributed by atoms with Gasteiger partial charge in [-0.3, -0.25) is 9.10 Å². The van der Waals surface area contributed by atoms with E-state index in [0.29, 0.717) is 10.7 Å². The van der Waals surface area contributed by atoms with Gasteiger partial charge >= 0.3 is 0 Å². The van der Waals surface area contributed by atoms with E-state index in [1.165, 1.54) is 24.3 Å². The molecule has 1 amide bonds. The number of anilines is 1. The number of ether oxygens (including phenoxy) is 1. The van der Waals surface area contributed by atoms with Crippen molar-refractivity contribution in [2.24, 2.45) is 0 Å². The maximum Gasteiger partial charge on any atom is 0.264 e. The molecule has 3 aromatic rings. The minimum atomic E-state index is -4.03. The smallest absolute Gasteiger partial charge is 0.264 e. The third-order valence-corrected chi connectivity index (χ3v) is 8.59. The lowest BCUT2D eigenvalue weighted by atomic mass is 9.93. The van der Waals surface area contributed by atoms with Gasteiger partial charge in [-0.1, -0.05) is 31.5 Å². The average Bonchev–Trinajstić information content (AvgIpc) is 2.84. The zero-order valence-electron chi connectivity index (χ0n) is 22.4. The Morgan fingerprint density at radius 2 is 1.57 bits per heavy atom. The molecular formula is C29H35ClN2O4S. The number of hydrogen-bond donors (Lipinski definition) is 1. The van der Waals surface area contributed by atoms with Crippen molar-refractivity contribution in [3.05, 3.63) is 87.4 Å². The standard InChI is InChI=1S/C29H35ClN2O4S/c1-18(2)26-16-27(21(5)15-28(26)36-7)22(6)31-29(33)17-32(24-11-8-19(3)20(4)14-24)37(34,35)25-12-9-23(30)10-13-25/h8-16,18,22H,17H2,1-7H3,(H,31,33)/t22-/m0/s1. The summed E-state index contributed by atoms with van der Waals surface area (Å²) in [6.45, 7) is 11.5. The number of rotatable bonds is 9. The van der Waals surface area contributed by atoms with Crippen LogP contribution in [0.4, 0.5) is 5.69 Å². The monoisotopic (exact) mass is 542 g/mol. The van der Waals surface area contributed by atoms with E-state index in [1.807, 2.05) is 39.8 Å². The zero-order chi connectivity index (χ0) is 27.5. The van der Waals surface area contributed by atoms with Crippen molar-refractivity contribution >= 4 is 33.2 Å². The van der Waals surface area contributed by atoms with E-state index in [9.17, 15) is 13.2 Å². The highest BCUT2D eigenvalue weighted by molar-refractivity contribution is 7.92. The summed E-state index contributed by atoms with van der Waals surface area (Å²) in [5.41, 5.74) is 5.36. The fourth-order valence-electron chi connectivity index (χ4n) is 4.24. The van der Waals surface area contributed by atoms with Crippen LogP contribution in [-0.2, 0) is 14.8 Å². The van der Waals surface area contributed by atoms with E-state index < -0.39 is 15.9 Å². The van der Waals surface area contributed by atoms with Crippen LogP contribution in [0.15, 0.2) is 59.5 Å². The molecule has 0 saturated heterocycles. The van der Waals surface area contributed by atoms with Gasteiger partial charge in [0, 0.05) is 5.02 Å². The number of benzene rings is 3. The highest BCUT2D eigenvalue weighted by Gasteiger charge is 2.28. The van der Waals surface area contributed by atoms with Crippen LogP contribution >= 0.6 is 11.6 Å². The Balaban J connectivity index is 1.94. The molecule has 198 valence electrons. The normalized spacial score (nSPS) is 12.4. The highest BCUT2D eigenvalue weighted by atomic mass is 35.5. The Morgan fingerprint density at radius 1 is 0.919 bits per heavy atom. The van der Waals surface area contributed by atoms with E-state index in [-0.39, 0.29) is 23.4 Å². The maximum absolute atomic E-state index is 13.7. The van der Waals surface area contributed by atoms with Crippen molar-refractivity contribution in [2.45, 2.75) is 58.4 Å². The number of carbonyl (C=O) groups excluding carboxylic acids is 1. The summed E-state index contributed by atoms with van der Waals surface area (Å²) in [7, 11) is -2.39. The molecule has 0 heterocycles. The molecule has 0 aromatic heterocycles. The van der Waals surface area contributed by atoms with E-state index in [2.05, 4.69) is 25.2 Å². The van der Waals surface area contributed by atoms with Gasteiger partial charge in [0.15, 0.2) is 0 Å². The second kappa shape index (κ2) is 11.6. The third kappa shape index (κ3) is 6.46. The van der Waals surface area contributed by atoms with Crippen LogP contribution in [-0.4, -0.2) is 28.0 Å². The van der Waals surface area contributed by atoms with Crippen LogP contribution in [0.3, 0.4) is 0 Å². The van der Waals surface area contributed by atoms with E-state index in [0.717, 1.165) is 37.9 Å². The van der Waals surface area contributed by atoms with Crippen LogP contribution in [0.5, 0.6) is 5.75 Å². The topological polar surface area (TPSA) is 75.7 Å². The first-order valence-electron chi connectivity index (χ1n) is 12.2. The van der Waals surface area contributed by atoms with Gasteiger partial charge in [-0.2, -0.15) is 0 Å². The molecule has 8 heteroatoms. The van der Waals surface area contributed by atoms with Gasteiger partial charge in [0.25, 0.3) is 10.0 Å². The molecule has 1 N–H and O–H groups in total. The predicted molar refractivity (Wildman–Crippen MR) is 150 cm³/mol. The molecule has 0 radical (unpaired) electrons. The number of carbonyl (C=O) groups is 1. The molecule has 0 aliphatic heterocycles. The average molecular weight is 543 g/mol. The van der Waals surface area contributed by atoms with Crippen molar-refractivity contribution in [3.63, 3.8) is 0 Å². The summed E-state index contributed by atoms with van der Waals surface area (Å²) in [4.78, 5) is 13.3. The van der Waals surface area contributed by atoms with Gasteiger partial charge in [-0.25, -0.2) is 8.42 Å². The van der Waals surface area contributed by atoms with Gasteiger partial charge in [-0.15, -0.1) is 0 Å². The lowest BCUT2D eigenvalue weighted by Gasteiger charge is -2.26. The predicted octanol–water partition coefficient (Wildman–Crippen LogP) is 6.47. The maximum atomic E-state index is 13.7. The minimum Gasteiger partial charge on any atom is -0.496 e. The van der Waals surface area contributed by atoms with Gasteiger partial charge in [0.05, 0.1) is 23.7 Å². The number of sulfonamides is 1. The lowest BCUT2D eigenvalue weighted by molar-refractivity contribution is -0.120. The van der Waals surface area contributed by atoms with E-state index in [1.54, 1.807) is 19.2 Å². The largest absolute Gasteiger partial charge is 0.496 e. The van der Waals surface area contributed by atoms with Crippen molar-refractivity contribution in [3.8, 4) is 5.75 Å². The molecule has 3 rings (SSSR count). The molecule has 0 bridgehead atoms. The van der Waals surface area contributed by atoms with Gasteiger partial charge in [-0.05, 0) is 110 Å². The Labute approximate surface area is 225 Å². The number of nitrogens with zero attached hydrogens (tertiary/aromatic N) is 1. The number of nitrogens with one attached hydrogen (secondary N) is 1. The van der Waals surface area contributed by atoms with Gasteiger partial charge < -0.3 is 10.1 Å². The van der Waals surface area contributed by atoms with Gasteiger partial charge in [0.1, 0.15) is 12.3 Å². The summed E-state index contributed by atoms with van der Waals surface area (Å²) in [6.07, 6.45) is 0. The molecule has 0 spiro atoms. The van der Waals surface area contributed by atoms with Crippen LogP contribution < -0.4 is 14.4 Å². The fraction of sp³-hybridized carbons (Fsp3) is 0.345. The molecule has 1 atom stereocenters. The SMILES string of the molecule is COc1cc(C)c([C@H](C)NC(=O)CN(c2ccc(C)c(C)c2)S(=O)(=O)c2ccc(Cl)cc2)cc1C(C)C. The van der Waals surface area contributed by atoms with E-state index >= 15 is 0 Å². The summed E-state index contributed by atoms with van der Waals surface area (Å²) in [5.74, 6) is 0.635. The Kier molecular flexibility index (Phi) is 8.92. The first kappa shape index (κ1) is 28.5. The third-order valence-electron chi connectivity index (χ3n) is 6.55. The molecule has 0 saturated carbocycles. The molecule has 0 unspecified atom stereocenters. The second-order valence-corrected chi connectivity index (χ2v) is 11.9. The van der Waals surface area contributed by atoms with Crippen molar-refractivity contribution in [1.29, 1.82) is 0 Å². The molecule has 3 aromatic carbocycles. The number of amides is 1. The lowest BCUT2D eigenvalue weighted by Crippen LogP contribution is -2.41. The molecule has 0 aliphatic rings.